The predicted octanol–water partition coefficient (Wildman–Crippen LogP) is 7.33. The maximum atomic E-state index is 12.9. The molecule has 5 aromatic carbocycles. The van der Waals surface area contributed by atoms with Crippen LogP contribution in [0.25, 0.3) is 22.2 Å². The first-order valence-corrected chi connectivity index (χ1v) is 19.2. The van der Waals surface area contributed by atoms with Crippen LogP contribution in [0.2, 0.25) is 0 Å². The highest BCUT2D eigenvalue weighted by atomic mass is 16.7. The van der Waals surface area contributed by atoms with Gasteiger partial charge in [0.25, 0.3) is 5.91 Å². The molecule has 0 bridgehead atoms. The standard InChI is InChI=1S/C46H47N5O4/c1-32-43(30-51-24-22-50(23-25-51)29-33-8-3-2-4-9-33)54-46(55-44(32)37-16-14-34(31-52)15-17-37)38-20-18-36(19-21-38)39-11-7-10-35(26-39)27-48-45(53)42-28-47-40-12-5-6-13-41(40)49-42/h2-21,26,28,32,43-44,46,52H,22-25,27,29-31H2,1H3,(H,48,53). The topological polar surface area (TPSA) is 100 Å². The fraction of sp³-hybridized carbons (Fsp3) is 0.283. The number of aromatic nitrogens is 2. The maximum Gasteiger partial charge on any atom is 0.271 e. The number of hydrogen-bond donors (Lipinski definition) is 2. The molecule has 55 heavy (non-hydrogen) atoms. The van der Waals surface area contributed by atoms with E-state index < -0.39 is 6.29 Å². The van der Waals surface area contributed by atoms with Crippen molar-refractivity contribution in [3.05, 3.63) is 167 Å². The van der Waals surface area contributed by atoms with Crippen molar-refractivity contribution < 1.29 is 19.4 Å². The number of rotatable bonds is 11. The number of nitrogens with one attached hydrogen (secondary N) is 1. The first-order valence-electron chi connectivity index (χ1n) is 19.2. The number of benzene rings is 5. The largest absolute Gasteiger partial charge is 0.392 e. The van der Waals surface area contributed by atoms with Gasteiger partial charge in [0.2, 0.25) is 0 Å². The monoisotopic (exact) mass is 733 g/mol. The van der Waals surface area contributed by atoms with Gasteiger partial charge in [0.15, 0.2) is 6.29 Å². The van der Waals surface area contributed by atoms with Crippen LogP contribution in [-0.4, -0.2) is 69.6 Å². The van der Waals surface area contributed by atoms with E-state index in [-0.39, 0.29) is 30.6 Å². The molecule has 1 amide bonds. The van der Waals surface area contributed by atoms with Gasteiger partial charge in [0.1, 0.15) is 5.69 Å². The lowest BCUT2D eigenvalue weighted by molar-refractivity contribution is -0.276. The van der Waals surface area contributed by atoms with Gasteiger partial charge in [-0.25, -0.2) is 4.98 Å². The summed E-state index contributed by atoms with van der Waals surface area (Å²) >= 11 is 0. The predicted molar refractivity (Wildman–Crippen MR) is 214 cm³/mol. The van der Waals surface area contributed by atoms with E-state index in [9.17, 15) is 9.90 Å². The average molecular weight is 734 g/mol. The Labute approximate surface area is 322 Å². The number of aliphatic hydroxyl groups is 1. The number of carbonyl (C=O) groups is 1. The van der Waals surface area contributed by atoms with E-state index in [1.165, 1.54) is 11.8 Å². The van der Waals surface area contributed by atoms with Gasteiger partial charge in [-0.2, -0.15) is 0 Å². The van der Waals surface area contributed by atoms with E-state index in [4.69, 9.17) is 9.47 Å². The van der Waals surface area contributed by atoms with E-state index in [2.05, 4.69) is 111 Å². The molecule has 0 aliphatic carbocycles. The van der Waals surface area contributed by atoms with Crippen LogP contribution in [0.4, 0.5) is 0 Å². The van der Waals surface area contributed by atoms with Crippen molar-refractivity contribution in [3.8, 4) is 11.1 Å². The van der Waals surface area contributed by atoms with Crippen molar-refractivity contribution >= 4 is 16.9 Å². The lowest BCUT2D eigenvalue weighted by Gasteiger charge is -2.44. The van der Waals surface area contributed by atoms with Crippen LogP contribution < -0.4 is 5.32 Å². The molecule has 3 heterocycles. The summed E-state index contributed by atoms with van der Waals surface area (Å²) < 4.78 is 13.6. The highest BCUT2D eigenvalue weighted by Crippen LogP contribution is 2.42. The van der Waals surface area contributed by atoms with E-state index >= 15 is 0 Å². The number of hydrogen-bond acceptors (Lipinski definition) is 8. The second kappa shape index (κ2) is 17.0. The Hall–Kier alpha value is -5.29. The van der Waals surface area contributed by atoms with Gasteiger partial charge in [0, 0.05) is 57.3 Å². The van der Waals surface area contributed by atoms with Crippen molar-refractivity contribution in [2.75, 3.05) is 32.7 Å². The zero-order chi connectivity index (χ0) is 37.6. The fourth-order valence-electron chi connectivity index (χ4n) is 7.59. The molecule has 2 aliphatic heterocycles. The van der Waals surface area contributed by atoms with E-state index in [1.807, 2.05) is 48.5 Å². The summed E-state index contributed by atoms with van der Waals surface area (Å²) in [6.07, 6.45) is 0.788. The number of fused-ring (bicyclic) bond motifs is 1. The number of nitrogens with zero attached hydrogens (tertiary/aromatic N) is 4. The molecule has 9 heteroatoms. The maximum absolute atomic E-state index is 12.9. The molecule has 6 aromatic rings. The number of carbonyl (C=O) groups excluding carboxylic acids is 1. The number of amides is 1. The van der Waals surface area contributed by atoms with Crippen LogP contribution >= 0.6 is 0 Å². The third-order valence-electron chi connectivity index (χ3n) is 10.9. The smallest absolute Gasteiger partial charge is 0.271 e. The molecule has 2 aliphatic rings. The second-order valence-electron chi connectivity index (χ2n) is 14.6. The summed E-state index contributed by atoms with van der Waals surface area (Å²) in [5.41, 5.74) is 9.11. The highest BCUT2D eigenvalue weighted by molar-refractivity contribution is 5.93. The van der Waals surface area contributed by atoms with Gasteiger partial charge in [-0.05, 0) is 51.6 Å². The van der Waals surface area contributed by atoms with Crippen molar-refractivity contribution in [2.24, 2.45) is 5.92 Å². The molecule has 4 unspecified atom stereocenters. The van der Waals surface area contributed by atoms with Crippen LogP contribution in [0.5, 0.6) is 0 Å². The first-order chi connectivity index (χ1) is 27.0. The normalized spacial score (nSPS) is 20.7. The molecule has 8 rings (SSSR count). The molecule has 1 aromatic heterocycles. The molecular weight excluding hydrogens is 687 g/mol. The Morgan fingerprint density at radius 1 is 0.727 bits per heavy atom. The van der Waals surface area contributed by atoms with Gasteiger partial charge in [-0.3, -0.25) is 19.6 Å². The van der Waals surface area contributed by atoms with Crippen molar-refractivity contribution in [3.63, 3.8) is 0 Å². The van der Waals surface area contributed by atoms with Gasteiger partial charge in [-0.1, -0.05) is 116 Å². The van der Waals surface area contributed by atoms with E-state index in [0.29, 0.717) is 17.8 Å². The van der Waals surface area contributed by atoms with Gasteiger partial charge >= 0.3 is 0 Å². The van der Waals surface area contributed by atoms with Crippen LogP contribution in [0.3, 0.4) is 0 Å². The fourth-order valence-corrected chi connectivity index (χ4v) is 7.59. The highest BCUT2D eigenvalue weighted by Gasteiger charge is 2.39. The van der Waals surface area contributed by atoms with Gasteiger partial charge < -0.3 is 19.9 Å². The zero-order valence-electron chi connectivity index (χ0n) is 31.1. The molecular formula is C46H47N5O4. The minimum atomic E-state index is -0.531. The summed E-state index contributed by atoms with van der Waals surface area (Å²) in [5.74, 6) is -0.143. The number of aliphatic hydroxyl groups excluding tert-OH is 1. The molecule has 2 N–H and O–H groups in total. The number of ether oxygens (including phenoxy) is 2. The van der Waals surface area contributed by atoms with Crippen molar-refractivity contribution in [1.82, 2.24) is 25.1 Å². The summed E-state index contributed by atoms with van der Waals surface area (Å²) in [7, 11) is 0. The van der Waals surface area contributed by atoms with Crippen molar-refractivity contribution in [2.45, 2.75) is 45.1 Å². The molecule has 2 fully saturated rings. The van der Waals surface area contributed by atoms with Gasteiger partial charge in [0.05, 0.1) is 36.0 Å². The molecule has 4 atom stereocenters. The minimum Gasteiger partial charge on any atom is -0.392 e. The SMILES string of the molecule is CC1C(CN2CCN(Cc3ccccc3)CC2)OC(c2ccc(-c3cccc(CNC(=O)c4cnc5ccccc5n4)c3)cc2)OC1c1ccc(CO)cc1. The molecule has 280 valence electrons. The molecule has 0 radical (unpaired) electrons. The summed E-state index contributed by atoms with van der Waals surface area (Å²) in [6.45, 7) is 8.45. The van der Waals surface area contributed by atoms with E-state index in [1.54, 1.807) is 0 Å². The Balaban J connectivity index is 0.940. The second-order valence-corrected chi connectivity index (χ2v) is 14.6. The quantitative estimate of drug-likeness (QED) is 0.143. The third kappa shape index (κ3) is 8.83. The lowest BCUT2D eigenvalue weighted by Crippen LogP contribution is -2.51. The van der Waals surface area contributed by atoms with Crippen LogP contribution in [0, 0.1) is 5.92 Å². The first kappa shape index (κ1) is 36.7. The molecule has 0 saturated carbocycles. The molecule has 9 nitrogen and oxygen atoms in total. The summed E-state index contributed by atoms with van der Waals surface area (Å²) in [6, 6.07) is 42.9. The molecule has 0 spiro atoms. The van der Waals surface area contributed by atoms with Crippen LogP contribution in [0.15, 0.2) is 134 Å². The summed E-state index contributed by atoms with van der Waals surface area (Å²) in [4.78, 5) is 26.8. The number of para-hydroxylation sites is 2. The van der Waals surface area contributed by atoms with Crippen LogP contribution in [-0.2, 0) is 29.2 Å². The minimum absolute atomic E-state index is 0.0103. The van der Waals surface area contributed by atoms with Crippen LogP contribution in [0.1, 0.15) is 57.6 Å². The Morgan fingerprint density at radius 3 is 2.18 bits per heavy atom. The van der Waals surface area contributed by atoms with E-state index in [0.717, 1.165) is 78.2 Å². The zero-order valence-corrected chi connectivity index (χ0v) is 31.1. The lowest BCUT2D eigenvalue weighted by atomic mass is 9.89. The summed E-state index contributed by atoms with van der Waals surface area (Å²) in [5, 5.41) is 12.7. The average Bonchev–Trinajstić information content (AvgIpc) is 3.24. The van der Waals surface area contributed by atoms with Gasteiger partial charge in [-0.15, -0.1) is 0 Å². The number of piperazine rings is 1. The Morgan fingerprint density at radius 2 is 1.42 bits per heavy atom. The Kier molecular flexibility index (Phi) is 11.3. The molecule has 2 saturated heterocycles. The third-order valence-corrected chi connectivity index (χ3v) is 10.9. The Bertz CT molecular complexity index is 2190. The van der Waals surface area contributed by atoms with Crippen molar-refractivity contribution in [1.29, 1.82) is 0 Å².